The number of furan rings is 1. The molecule has 0 bridgehead atoms. The summed E-state index contributed by atoms with van der Waals surface area (Å²) in [4.78, 5) is 12.4. The number of aryl methyl sites for hydroxylation is 1. The third-order valence-electron chi connectivity index (χ3n) is 4.61. The number of hydrogen-bond acceptors (Lipinski definition) is 5. The fraction of sp³-hybridized carbons (Fsp3) is 0.0476. The average molecular weight is 369 g/mol. The maximum absolute atomic E-state index is 12.4. The minimum atomic E-state index is -0.333. The second kappa shape index (κ2) is 6.31. The molecule has 5 aromatic rings. The number of benzene rings is 2. The standard InChI is InChI=1S/C21H15N5O2/c1-13-14-7-2-3-8-15(14)19-23-24-20(26(19)25-13)16-9-4-5-10-17(16)22-21(27)18-11-6-12-28-18/h2-12H,1H3,(H,22,27). The van der Waals surface area contributed by atoms with Crippen LogP contribution in [0.3, 0.4) is 0 Å². The van der Waals surface area contributed by atoms with E-state index in [1.165, 1.54) is 6.26 Å². The Bertz CT molecular complexity index is 1320. The maximum atomic E-state index is 12.4. The second-order valence-corrected chi connectivity index (χ2v) is 6.37. The molecule has 0 saturated carbocycles. The van der Waals surface area contributed by atoms with Gasteiger partial charge in [-0.05, 0) is 31.2 Å². The molecule has 0 saturated heterocycles. The van der Waals surface area contributed by atoms with E-state index in [2.05, 4.69) is 20.6 Å². The number of nitrogens with zero attached hydrogens (tertiary/aromatic N) is 4. The predicted molar refractivity (Wildman–Crippen MR) is 105 cm³/mol. The highest BCUT2D eigenvalue weighted by Crippen LogP contribution is 2.29. The number of hydrogen-bond donors (Lipinski definition) is 1. The summed E-state index contributed by atoms with van der Waals surface area (Å²) < 4.78 is 6.89. The van der Waals surface area contributed by atoms with E-state index in [0.717, 1.165) is 22.0 Å². The zero-order chi connectivity index (χ0) is 19.1. The first-order valence-corrected chi connectivity index (χ1v) is 8.77. The molecule has 0 aliphatic rings. The van der Waals surface area contributed by atoms with E-state index < -0.39 is 0 Å². The molecule has 0 spiro atoms. The summed E-state index contributed by atoms with van der Waals surface area (Å²) in [6.07, 6.45) is 1.46. The molecule has 0 fully saturated rings. The van der Waals surface area contributed by atoms with Crippen molar-refractivity contribution in [2.45, 2.75) is 6.92 Å². The molecule has 3 aromatic heterocycles. The van der Waals surface area contributed by atoms with Gasteiger partial charge in [-0.25, -0.2) is 0 Å². The smallest absolute Gasteiger partial charge is 0.291 e. The molecule has 3 heterocycles. The molecule has 0 atom stereocenters. The molecule has 7 nitrogen and oxygen atoms in total. The Hall–Kier alpha value is -4.00. The van der Waals surface area contributed by atoms with Gasteiger partial charge in [0.25, 0.3) is 5.91 Å². The lowest BCUT2D eigenvalue weighted by Crippen LogP contribution is -2.12. The van der Waals surface area contributed by atoms with Crippen molar-refractivity contribution in [1.82, 2.24) is 19.8 Å². The number of carbonyl (C=O) groups is 1. The number of fused-ring (bicyclic) bond motifs is 3. The Morgan fingerprint density at radius 3 is 2.57 bits per heavy atom. The van der Waals surface area contributed by atoms with Crippen molar-refractivity contribution >= 4 is 28.0 Å². The molecule has 0 aliphatic heterocycles. The summed E-state index contributed by atoms with van der Waals surface area (Å²) in [5.41, 5.74) is 2.87. The molecule has 0 aliphatic carbocycles. The molecule has 0 radical (unpaired) electrons. The summed E-state index contributed by atoms with van der Waals surface area (Å²) in [6, 6.07) is 18.7. The van der Waals surface area contributed by atoms with Crippen LogP contribution in [0.25, 0.3) is 27.8 Å². The van der Waals surface area contributed by atoms with Gasteiger partial charge in [0.2, 0.25) is 0 Å². The predicted octanol–water partition coefficient (Wildman–Crippen LogP) is 4.10. The summed E-state index contributed by atoms with van der Waals surface area (Å²) in [5, 5.41) is 18.3. The van der Waals surface area contributed by atoms with Gasteiger partial charge < -0.3 is 9.73 Å². The fourth-order valence-electron chi connectivity index (χ4n) is 3.29. The molecule has 1 amide bonds. The van der Waals surface area contributed by atoms with Gasteiger partial charge in [-0.3, -0.25) is 4.79 Å². The summed E-state index contributed by atoms with van der Waals surface area (Å²) in [6.45, 7) is 1.95. The highest BCUT2D eigenvalue weighted by atomic mass is 16.3. The van der Waals surface area contributed by atoms with Crippen molar-refractivity contribution in [2.24, 2.45) is 0 Å². The van der Waals surface area contributed by atoms with Gasteiger partial charge in [-0.15, -0.1) is 10.2 Å². The first-order valence-electron chi connectivity index (χ1n) is 8.77. The van der Waals surface area contributed by atoms with Crippen LogP contribution in [0.15, 0.2) is 71.3 Å². The number of amides is 1. The van der Waals surface area contributed by atoms with E-state index in [-0.39, 0.29) is 11.7 Å². The van der Waals surface area contributed by atoms with Crippen LogP contribution in [-0.4, -0.2) is 25.7 Å². The summed E-state index contributed by atoms with van der Waals surface area (Å²) in [5.74, 6) is 0.459. The van der Waals surface area contributed by atoms with Crippen LogP contribution in [0, 0.1) is 6.92 Å². The van der Waals surface area contributed by atoms with Gasteiger partial charge >= 0.3 is 0 Å². The van der Waals surface area contributed by atoms with E-state index in [0.29, 0.717) is 17.2 Å². The van der Waals surface area contributed by atoms with Crippen LogP contribution in [0.2, 0.25) is 0 Å². The zero-order valence-electron chi connectivity index (χ0n) is 15.0. The van der Waals surface area contributed by atoms with Crippen molar-refractivity contribution in [3.05, 3.63) is 78.4 Å². The average Bonchev–Trinajstić information content (AvgIpc) is 3.39. The van der Waals surface area contributed by atoms with Gasteiger partial charge in [0, 0.05) is 16.3 Å². The quantitative estimate of drug-likeness (QED) is 0.517. The summed E-state index contributed by atoms with van der Waals surface area (Å²) >= 11 is 0. The largest absolute Gasteiger partial charge is 0.459 e. The SMILES string of the molecule is Cc1nn2c(-c3ccccc3NC(=O)c3ccco3)nnc2c2ccccc12. The number of aromatic nitrogens is 4. The molecule has 2 aromatic carbocycles. The Kier molecular flexibility index (Phi) is 3.65. The molecule has 0 unspecified atom stereocenters. The lowest BCUT2D eigenvalue weighted by atomic mass is 10.1. The van der Waals surface area contributed by atoms with Crippen LogP contribution in [0.1, 0.15) is 16.2 Å². The Morgan fingerprint density at radius 2 is 1.75 bits per heavy atom. The van der Waals surface area contributed by atoms with E-state index in [4.69, 9.17) is 4.42 Å². The molecular weight excluding hydrogens is 354 g/mol. The number of anilines is 1. The molecule has 28 heavy (non-hydrogen) atoms. The molecule has 5 rings (SSSR count). The number of para-hydroxylation sites is 1. The van der Waals surface area contributed by atoms with Crippen molar-refractivity contribution in [3.63, 3.8) is 0 Å². The number of rotatable bonds is 3. The second-order valence-electron chi connectivity index (χ2n) is 6.37. The fourth-order valence-corrected chi connectivity index (χ4v) is 3.29. The molecule has 136 valence electrons. The Balaban J connectivity index is 1.66. The van der Waals surface area contributed by atoms with Gasteiger partial charge in [-0.2, -0.15) is 9.61 Å². The Labute approximate surface area is 159 Å². The minimum Gasteiger partial charge on any atom is -0.459 e. The molecule has 7 heteroatoms. The lowest BCUT2D eigenvalue weighted by molar-refractivity contribution is 0.0996. The highest BCUT2D eigenvalue weighted by molar-refractivity contribution is 6.04. The molecule has 1 N–H and O–H groups in total. The third kappa shape index (κ3) is 2.52. The van der Waals surface area contributed by atoms with Crippen LogP contribution >= 0.6 is 0 Å². The van der Waals surface area contributed by atoms with Crippen molar-refractivity contribution in [3.8, 4) is 11.4 Å². The van der Waals surface area contributed by atoms with Gasteiger partial charge in [0.1, 0.15) is 0 Å². The monoisotopic (exact) mass is 369 g/mol. The Morgan fingerprint density at radius 1 is 0.964 bits per heavy atom. The van der Waals surface area contributed by atoms with E-state index in [9.17, 15) is 4.79 Å². The van der Waals surface area contributed by atoms with Crippen molar-refractivity contribution < 1.29 is 9.21 Å². The third-order valence-corrected chi connectivity index (χ3v) is 4.61. The van der Waals surface area contributed by atoms with Crippen molar-refractivity contribution in [2.75, 3.05) is 5.32 Å². The van der Waals surface area contributed by atoms with Crippen LogP contribution in [0.4, 0.5) is 5.69 Å². The highest BCUT2D eigenvalue weighted by Gasteiger charge is 2.18. The first-order chi connectivity index (χ1) is 13.7. The van der Waals surface area contributed by atoms with E-state index in [1.54, 1.807) is 16.6 Å². The lowest BCUT2D eigenvalue weighted by Gasteiger charge is -2.09. The van der Waals surface area contributed by atoms with E-state index in [1.807, 2.05) is 55.5 Å². The molecular formula is C21H15N5O2. The zero-order valence-corrected chi connectivity index (χ0v) is 15.0. The number of carbonyl (C=O) groups excluding carboxylic acids is 1. The van der Waals surface area contributed by atoms with Gasteiger partial charge in [0.05, 0.1) is 17.6 Å². The number of nitrogens with one attached hydrogen (secondary N) is 1. The van der Waals surface area contributed by atoms with Gasteiger partial charge in [-0.1, -0.05) is 36.4 Å². The first kappa shape index (κ1) is 16.2. The normalized spacial score (nSPS) is 11.2. The minimum absolute atomic E-state index is 0.237. The van der Waals surface area contributed by atoms with Gasteiger partial charge in [0.15, 0.2) is 17.2 Å². The van der Waals surface area contributed by atoms with Crippen LogP contribution in [0.5, 0.6) is 0 Å². The van der Waals surface area contributed by atoms with E-state index >= 15 is 0 Å². The maximum Gasteiger partial charge on any atom is 0.291 e. The summed E-state index contributed by atoms with van der Waals surface area (Å²) in [7, 11) is 0. The topological polar surface area (TPSA) is 85.3 Å². The van der Waals surface area contributed by atoms with Crippen LogP contribution in [-0.2, 0) is 0 Å². The van der Waals surface area contributed by atoms with Crippen molar-refractivity contribution in [1.29, 1.82) is 0 Å². The van der Waals surface area contributed by atoms with Crippen LogP contribution < -0.4 is 5.32 Å².